The van der Waals surface area contributed by atoms with Crippen molar-refractivity contribution in [2.45, 2.75) is 6.42 Å². The summed E-state index contributed by atoms with van der Waals surface area (Å²) in [5, 5.41) is 8.80. The van der Waals surface area contributed by atoms with Crippen LogP contribution in [-0.4, -0.2) is 23.5 Å². The Morgan fingerprint density at radius 2 is 2.10 bits per heavy atom. The van der Waals surface area contributed by atoms with Gasteiger partial charge < -0.3 is 14.4 Å². The number of halogens is 1. The van der Waals surface area contributed by atoms with Gasteiger partial charge in [0, 0.05) is 12.6 Å². The third-order valence-corrected chi connectivity index (χ3v) is 3.25. The predicted molar refractivity (Wildman–Crippen MR) is 67.4 cm³/mol. The van der Waals surface area contributed by atoms with Crippen molar-refractivity contribution in [3.63, 3.8) is 0 Å². The molecule has 6 heteroatoms. The maximum absolute atomic E-state index is 13.3. The van der Waals surface area contributed by atoms with Gasteiger partial charge in [0.05, 0.1) is 11.3 Å². The van der Waals surface area contributed by atoms with Crippen LogP contribution in [0.1, 0.15) is 26.5 Å². The molecule has 0 fully saturated rings. The van der Waals surface area contributed by atoms with E-state index in [0.29, 0.717) is 18.7 Å². The first kappa shape index (κ1) is 12.4. The molecule has 1 aliphatic heterocycles. The summed E-state index contributed by atoms with van der Waals surface area (Å²) in [7, 11) is 0. The molecule has 0 unspecified atom stereocenters. The summed E-state index contributed by atoms with van der Waals surface area (Å²) >= 11 is 0. The molecule has 1 N–H and O–H groups in total. The Kier molecular flexibility index (Phi) is 2.78. The lowest BCUT2D eigenvalue weighted by Gasteiger charge is -2.15. The van der Waals surface area contributed by atoms with Gasteiger partial charge in [-0.2, -0.15) is 0 Å². The van der Waals surface area contributed by atoms with Gasteiger partial charge in [0.15, 0.2) is 5.76 Å². The van der Waals surface area contributed by atoms with Gasteiger partial charge in [-0.25, -0.2) is 9.18 Å². The molecule has 2 heterocycles. The number of carbonyl (C=O) groups is 2. The van der Waals surface area contributed by atoms with Crippen LogP contribution >= 0.6 is 0 Å². The van der Waals surface area contributed by atoms with Crippen molar-refractivity contribution in [2.24, 2.45) is 0 Å². The Labute approximate surface area is 113 Å². The zero-order chi connectivity index (χ0) is 14.3. The van der Waals surface area contributed by atoms with E-state index in [4.69, 9.17) is 9.52 Å². The average molecular weight is 275 g/mol. The number of hydrogen-bond acceptors (Lipinski definition) is 3. The highest BCUT2D eigenvalue weighted by Gasteiger charge is 2.28. The summed E-state index contributed by atoms with van der Waals surface area (Å²) in [4.78, 5) is 24.4. The number of fused-ring (bicyclic) bond motifs is 1. The van der Waals surface area contributed by atoms with E-state index < -0.39 is 17.7 Å². The molecule has 102 valence electrons. The smallest absolute Gasteiger partial charge is 0.338 e. The minimum atomic E-state index is -1.17. The van der Waals surface area contributed by atoms with E-state index in [2.05, 4.69) is 0 Å². The van der Waals surface area contributed by atoms with Gasteiger partial charge in [0.25, 0.3) is 5.91 Å². The van der Waals surface area contributed by atoms with Crippen molar-refractivity contribution in [3.05, 3.63) is 53.2 Å². The van der Waals surface area contributed by atoms with Crippen molar-refractivity contribution in [1.82, 2.24) is 0 Å². The highest BCUT2D eigenvalue weighted by molar-refractivity contribution is 6.06. The Morgan fingerprint density at radius 1 is 1.30 bits per heavy atom. The molecule has 0 saturated carbocycles. The summed E-state index contributed by atoms with van der Waals surface area (Å²) in [5.41, 5.74) is 1.29. The van der Waals surface area contributed by atoms with Crippen molar-refractivity contribution in [1.29, 1.82) is 0 Å². The van der Waals surface area contributed by atoms with Gasteiger partial charge in [0.1, 0.15) is 12.1 Å². The topological polar surface area (TPSA) is 70.7 Å². The molecule has 1 aromatic heterocycles. The van der Waals surface area contributed by atoms with Gasteiger partial charge in [0.2, 0.25) is 0 Å². The van der Waals surface area contributed by atoms with Crippen LogP contribution in [0.2, 0.25) is 0 Å². The first-order chi connectivity index (χ1) is 9.56. The molecule has 0 aliphatic carbocycles. The number of carboxylic acids is 1. The van der Waals surface area contributed by atoms with Gasteiger partial charge in [-0.3, -0.25) is 4.79 Å². The predicted octanol–water partition coefficient (Wildman–Crippen LogP) is 2.32. The molecule has 20 heavy (non-hydrogen) atoms. The van der Waals surface area contributed by atoms with Crippen LogP contribution in [0.25, 0.3) is 0 Å². The molecule has 0 radical (unpaired) electrons. The van der Waals surface area contributed by atoms with Crippen LogP contribution in [0, 0.1) is 5.82 Å². The number of nitrogens with zero attached hydrogens (tertiary/aromatic N) is 1. The van der Waals surface area contributed by atoms with E-state index >= 15 is 0 Å². The van der Waals surface area contributed by atoms with E-state index in [1.165, 1.54) is 23.1 Å². The second-order valence-corrected chi connectivity index (χ2v) is 4.48. The van der Waals surface area contributed by atoms with Crippen LogP contribution < -0.4 is 4.90 Å². The quantitative estimate of drug-likeness (QED) is 0.913. The number of rotatable bonds is 2. The van der Waals surface area contributed by atoms with Gasteiger partial charge in [-0.1, -0.05) is 6.07 Å². The number of carboxylic acid groups (broad SMARTS) is 1. The fourth-order valence-corrected chi connectivity index (χ4v) is 2.26. The summed E-state index contributed by atoms with van der Waals surface area (Å²) < 4.78 is 18.3. The second kappa shape index (κ2) is 4.48. The molecule has 1 amide bonds. The SMILES string of the molecule is O=C(O)c1coc(C(=O)N2CCc3ccc(F)cc32)c1. The van der Waals surface area contributed by atoms with Crippen molar-refractivity contribution in [2.75, 3.05) is 11.4 Å². The second-order valence-electron chi connectivity index (χ2n) is 4.48. The molecule has 1 aromatic carbocycles. The van der Waals surface area contributed by atoms with Crippen LogP contribution in [0.4, 0.5) is 10.1 Å². The molecular formula is C14H10FNO4. The summed E-state index contributed by atoms with van der Waals surface area (Å²) in [6.07, 6.45) is 1.64. The van der Waals surface area contributed by atoms with Gasteiger partial charge in [-0.05, 0) is 24.1 Å². The molecule has 5 nitrogen and oxygen atoms in total. The van der Waals surface area contributed by atoms with Gasteiger partial charge in [-0.15, -0.1) is 0 Å². The summed E-state index contributed by atoms with van der Waals surface area (Å²) in [5.74, 6) is -2.13. The number of hydrogen-bond donors (Lipinski definition) is 1. The molecule has 0 atom stereocenters. The third kappa shape index (κ3) is 1.95. The fourth-order valence-electron chi connectivity index (χ4n) is 2.26. The highest BCUT2D eigenvalue weighted by atomic mass is 19.1. The molecule has 1 aliphatic rings. The van der Waals surface area contributed by atoms with E-state index in [-0.39, 0.29) is 11.3 Å². The summed E-state index contributed by atoms with van der Waals surface area (Å²) in [6.45, 7) is 0.417. The van der Waals surface area contributed by atoms with Crippen molar-refractivity contribution in [3.8, 4) is 0 Å². The normalized spacial score (nSPS) is 13.3. The maximum atomic E-state index is 13.3. The Hall–Kier alpha value is -2.63. The molecule has 0 spiro atoms. The molecule has 0 bridgehead atoms. The van der Waals surface area contributed by atoms with Crippen LogP contribution in [0.3, 0.4) is 0 Å². The number of amides is 1. The molecule has 2 aromatic rings. The lowest BCUT2D eigenvalue weighted by atomic mass is 10.2. The molecule has 3 rings (SSSR count). The van der Waals surface area contributed by atoms with Crippen LogP contribution in [-0.2, 0) is 6.42 Å². The molecular weight excluding hydrogens is 265 g/mol. The Balaban J connectivity index is 1.93. The lowest BCUT2D eigenvalue weighted by molar-refractivity contribution is 0.0696. The number of anilines is 1. The number of benzene rings is 1. The van der Waals surface area contributed by atoms with Crippen molar-refractivity contribution < 1.29 is 23.5 Å². The van der Waals surface area contributed by atoms with Crippen LogP contribution in [0.5, 0.6) is 0 Å². The zero-order valence-corrected chi connectivity index (χ0v) is 10.3. The third-order valence-electron chi connectivity index (χ3n) is 3.25. The highest BCUT2D eigenvalue weighted by Crippen LogP contribution is 2.30. The van der Waals surface area contributed by atoms with Crippen molar-refractivity contribution >= 4 is 17.6 Å². The Morgan fingerprint density at radius 3 is 2.80 bits per heavy atom. The number of furan rings is 1. The minimum absolute atomic E-state index is 0.0699. The van der Waals surface area contributed by atoms with E-state index in [1.54, 1.807) is 6.07 Å². The first-order valence-electron chi connectivity index (χ1n) is 5.98. The zero-order valence-electron chi connectivity index (χ0n) is 10.3. The molecule has 0 saturated heterocycles. The first-order valence-corrected chi connectivity index (χ1v) is 5.98. The minimum Gasteiger partial charge on any atom is -0.478 e. The number of carbonyl (C=O) groups excluding carboxylic acids is 1. The number of aromatic carboxylic acids is 1. The Bertz CT molecular complexity index is 707. The summed E-state index contributed by atoms with van der Waals surface area (Å²) in [6, 6.07) is 5.45. The van der Waals surface area contributed by atoms with E-state index in [9.17, 15) is 14.0 Å². The largest absolute Gasteiger partial charge is 0.478 e. The van der Waals surface area contributed by atoms with E-state index in [1.807, 2.05) is 0 Å². The van der Waals surface area contributed by atoms with E-state index in [0.717, 1.165) is 11.8 Å². The fraction of sp³-hybridized carbons (Fsp3) is 0.143. The monoisotopic (exact) mass is 275 g/mol. The lowest BCUT2D eigenvalue weighted by Crippen LogP contribution is -2.28. The van der Waals surface area contributed by atoms with Crippen LogP contribution in [0.15, 0.2) is 34.9 Å². The standard InChI is InChI=1S/C14H10FNO4/c15-10-2-1-8-3-4-16(11(8)6-10)13(17)12-5-9(7-20-12)14(18)19/h1-2,5-7H,3-4H2,(H,18,19). The average Bonchev–Trinajstić information content (AvgIpc) is 3.04. The maximum Gasteiger partial charge on any atom is 0.338 e. The van der Waals surface area contributed by atoms with Gasteiger partial charge >= 0.3 is 5.97 Å².